The van der Waals surface area contributed by atoms with Crippen LogP contribution in [0.1, 0.15) is 70.7 Å². The van der Waals surface area contributed by atoms with Crippen molar-refractivity contribution in [1.29, 1.82) is 0 Å². The number of fused-ring (bicyclic) bond motifs is 4. The highest BCUT2D eigenvalue weighted by molar-refractivity contribution is 6.03. The fourth-order valence-corrected chi connectivity index (χ4v) is 7.72. The minimum Gasteiger partial charge on any atom is -0.478 e. The summed E-state index contributed by atoms with van der Waals surface area (Å²) in [6.07, 6.45) is 12.7. The third-order valence-electron chi connectivity index (χ3n) is 10.3. The molecule has 50 heavy (non-hydrogen) atoms. The fourth-order valence-electron chi connectivity index (χ4n) is 7.72. The van der Waals surface area contributed by atoms with E-state index in [9.17, 15) is 19.8 Å². The first-order valence-corrected chi connectivity index (χ1v) is 17.5. The zero-order valence-corrected chi connectivity index (χ0v) is 28.7. The molecule has 4 N–H and O–H groups in total. The van der Waals surface area contributed by atoms with Crippen LogP contribution in [-0.2, 0) is 0 Å². The van der Waals surface area contributed by atoms with Gasteiger partial charge in [0, 0.05) is 45.6 Å². The number of allylic oxidation sites excluding steroid dienone is 2. The Hall–Kier alpha value is -5.44. The molecule has 4 aliphatic rings. The van der Waals surface area contributed by atoms with Gasteiger partial charge in [-0.15, -0.1) is 0 Å². The molecule has 0 amide bonds. The third-order valence-corrected chi connectivity index (χ3v) is 10.3. The second kappa shape index (κ2) is 13.5. The smallest absolute Gasteiger partial charge is 0.336 e. The first-order chi connectivity index (χ1) is 24.3. The third kappa shape index (κ3) is 5.60. The Morgan fingerprint density at radius 2 is 0.980 bits per heavy atom. The largest absolute Gasteiger partial charge is 0.478 e. The summed E-state index contributed by atoms with van der Waals surface area (Å²) >= 11 is 0. The molecular weight excluding hydrogens is 628 g/mol. The van der Waals surface area contributed by atoms with Crippen molar-refractivity contribution in [1.82, 2.24) is 0 Å². The SMILES string of the molecule is CC[NH+](CC)C1C=CC2=C(c3ccccc3C(=O)O)c3cc4c(cc3OC2=C1)C(c1ccccc1C(=O)O)=C1C=CC([NH+](CC)CC)C=C1O4. The van der Waals surface area contributed by atoms with E-state index in [1.807, 2.05) is 36.4 Å². The van der Waals surface area contributed by atoms with E-state index in [1.165, 1.54) is 9.80 Å². The van der Waals surface area contributed by atoms with Gasteiger partial charge in [-0.2, -0.15) is 0 Å². The molecule has 254 valence electrons. The molecule has 2 aliphatic heterocycles. The van der Waals surface area contributed by atoms with E-state index in [2.05, 4.69) is 64.2 Å². The number of rotatable bonds is 10. The van der Waals surface area contributed by atoms with Crippen LogP contribution in [0.3, 0.4) is 0 Å². The summed E-state index contributed by atoms with van der Waals surface area (Å²) < 4.78 is 13.5. The summed E-state index contributed by atoms with van der Waals surface area (Å²) in [5, 5.41) is 20.6. The zero-order valence-electron chi connectivity index (χ0n) is 28.7. The summed E-state index contributed by atoms with van der Waals surface area (Å²) in [6, 6.07) is 18.1. The normalized spacial score (nSPS) is 18.8. The van der Waals surface area contributed by atoms with Gasteiger partial charge in [0.25, 0.3) is 0 Å². The molecule has 8 nitrogen and oxygen atoms in total. The molecule has 2 unspecified atom stereocenters. The van der Waals surface area contributed by atoms with Crippen LogP contribution in [0.5, 0.6) is 11.5 Å². The number of carboxylic acid groups (broad SMARTS) is 2. The van der Waals surface area contributed by atoms with Gasteiger partial charge >= 0.3 is 11.9 Å². The molecule has 0 saturated heterocycles. The summed E-state index contributed by atoms with van der Waals surface area (Å²) in [5.41, 5.74) is 6.06. The van der Waals surface area contributed by atoms with Crippen LogP contribution < -0.4 is 19.3 Å². The van der Waals surface area contributed by atoms with Crippen molar-refractivity contribution in [3.8, 4) is 11.5 Å². The van der Waals surface area contributed by atoms with Crippen molar-refractivity contribution in [2.24, 2.45) is 0 Å². The molecule has 7 rings (SSSR count). The topological polar surface area (TPSA) is 102 Å². The quantitative estimate of drug-likeness (QED) is 0.243. The van der Waals surface area contributed by atoms with Crippen LogP contribution >= 0.6 is 0 Å². The van der Waals surface area contributed by atoms with Crippen LogP contribution in [0.2, 0.25) is 0 Å². The predicted molar refractivity (Wildman–Crippen MR) is 193 cm³/mol. The molecule has 3 aromatic carbocycles. The van der Waals surface area contributed by atoms with Gasteiger partial charge < -0.3 is 29.5 Å². The summed E-state index contributed by atoms with van der Waals surface area (Å²) in [5.74, 6) is 0.389. The Bertz CT molecular complexity index is 1940. The lowest BCUT2D eigenvalue weighted by molar-refractivity contribution is -0.908. The number of carbonyl (C=O) groups is 2. The van der Waals surface area contributed by atoms with Crippen LogP contribution in [0, 0.1) is 0 Å². The number of ether oxygens (including phenoxy) is 2. The molecule has 2 atom stereocenters. The van der Waals surface area contributed by atoms with Crippen LogP contribution in [0.15, 0.2) is 120 Å². The van der Waals surface area contributed by atoms with E-state index >= 15 is 0 Å². The number of hydrogen-bond donors (Lipinski definition) is 4. The Morgan fingerprint density at radius 3 is 1.34 bits per heavy atom. The molecule has 3 aromatic rings. The minimum absolute atomic E-state index is 0.0864. The molecule has 2 heterocycles. The van der Waals surface area contributed by atoms with E-state index in [1.54, 1.807) is 24.3 Å². The van der Waals surface area contributed by atoms with Crippen molar-refractivity contribution in [2.45, 2.75) is 39.8 Å². The van der Waals surface area contributed by atoms with Crippen molar-refractivity contribution >= 4 is 23.1 Å². The molecule has 0 spiro atoms. The highest BCUT2D eigenvalue weighted by atomic mass is 16.5. The molecule has 0 bridgehead atoms. The first kappa shape index (κ1) is 33.1. The fraction of sp³-hybridized carbons (Fsp3) is 0.238. The van der Waals surface area contributed by atoms with Gasteiger partial charge in [-0.1, -0.05) is 36.4 Å². The maximum Gasteiger partial charge on any atom is 0.336 e. The number of nitrogens with one attached hydrogen (secondary N) is 2. The lowest BCUT2D eigenvalue weighted by atomic mass is 9.81. The molecule has 0 aromatic heterocycles. The van der Waals surface area contributed by atoms with Crippen LogP contribution in [0.4, 0.5) is 0 Å². The van der Waals surface area contributed by atoms with E-state index in [4.69, 9.17) is 9.47 Å². The van der Waals surface area contributed by atoms with Crippen molar-refractivity contribution < 1.29 is 39.1 Å². The maximum atomic E-state index is 12.6. The highest BCUT2D eigenvalue weighted by Gasteiger charge is 2.36. The maximum absolute atomic E-state index is 12.6. The number of quaternary nitrogens is 2. The number of carboxylic acids is 2. The predicted octanol–water partition coefficient (Wildman–Crippen LogP) is 4.97. The lowest BCUT2D eigenvalue weighted by Gasteiger charge is -2.34. The van der Waals surface area contributed by atoms with E-state index in [-0.39, 0.29) is 23.2 Å². The summed E-state index contributed by atoms with van der Waals surface area (Å²) in [4.78, 5) is 27.9. The van der Waals surface area contributed by atoms with Crippen molar-refractivity contribution in [3.63, 3.8) is 0 Å². The monoisotopic (exact) mass is 670 g/mol. The van der Waals surface area contributed by atoms with Crippen LogP contribution in [0.25, 0.3) is 11.1 Å². The number of aromatic carboxylic acids is 2. The Kier molecular flexibility index (Phi) is 8.90. The van der Waals surface area contributed by atoms with E-state index in [0.717, 1.165) is 48.5 Å². The number of hydrogen-bond acceptors (Lipinski definition) is 4. The van der Waals surface area contributed by atoms with E-state index in [0.29, 0.717) is 45.3 Å². The Balaban J connectivity index is 1.50. The molecular formula is C42H42N2O6+2. The van der Waals surface area contributed by atoms with Gasteiger partial charge in [-0.3, -0.25) is 0 Å². The van der Waals surface area contributed by atoms with Crippen molar-refractivity contribution in [2.75, 3.05) is 26.2 Å². The van der Waals surface area contributed by atoms with Gasteiger partial charge in [0.2, 0.25) is 0 Å². The second-order valence-corrected chi connectivity index (χ2v) is 12.9. The van der Waals surface area contributed by atoms with Gasteiger partial charge in [0.05, 0.1) is 37.3 Å². The molecule has 2 aliphatic carbocycles. The van der Waals surface area contributed by atoms with Gasteiger partial charge in [-0.05, 0) is 87.4 Å². The molecule has 0 saturated carbocycles. The minimum atomic E-state index is -1.02. The highest BCUT2D eigenvalue weighted by Crippen LogP contribution is 2.51. The van der Waals surface area contributed by atoms with Crippen LogP contribution in [-0.4, -0.2) is 60.4 Å². The summed E-state index contributed by atoms with van der Waals surface area (Å²) in [6.45, 7) is 12.4. The van der Waals surface area contributed by atoms with Crippen molar-refractivity contribution in [3.05, 3.63) is 153 Å². The second-order valence-electron chi connectivity index (χ2n) is 12.9. The Morgan fingerprint density at radius 1 is 0.600 bits per heavy atom. The average Bonchev–Trinajstić information content (AvgIpc) is 3.13. The van der Waals surface area contributed by atoms with Gasteiger partial charge in [0.1, 0.15) is 35.1 Å². The van der Waals surface area contributed by atoms with Gasteiger partial charge in [-0.25, -0.2) is 9.59 Å². The molecule has 8 heteroatoms. The van der Waals surface area contributed by atoms with E-state index < -0.39 is 11.9 Å². The lowest BCUT2D eigenvalue weighted by Crippen LogP contribution is -3.14. The zero-order chi connectivity index (χ0) is 35.1. The number of benzene rings is 3. The Labute approximate surface area is 292 Å². The first-order valence-electron chi connectivity index (χ1n) is 17.5. The average molecular weight is 671 g/mol. The standard InChI is InChI=1S/C42H40N2O6/c1-5-43(6-2)25-17-19-31-35(21-25)49-37-23-34-38(24-33(37)39(31)27-13-9-11-15-29(27)41(45)46)50-36-22-26(44(7-3)8-4)18-20-32(36)40(34)28-14-10-12-16-30(28)42(47)48/h9-26H,5-8H2,1-4H3,(H,45,46)(H,47,48)/p+2. The molecule has 0 radical (unpaired) electrons. The molecule has 0 fully saturated rings. The van der Waals surface area contributed by atoms with Gasteiger partial charge in [0.15, 0.2) is 0 Å². The number of likely N-dealkylation sites (N-methyl/N-ethyl adjacent to an activating group) is 2. The summed E-state index contributed by atoms with van der Waals surface area (Å²) in [7, 11) is 0.